The van der Waals surface area contributed by atoms with Crippen molar-refractivity contribution >= 4 is 10.0 Å². The van der Waals surface area contributed by atoms with Crippen molar-refractivity contribution in [1.82, 2.24) is 4.31 Å². The van der Waals surface area contributed by atoms with Crippen molar-refractivity contribution in [3.05, 3.63) is 29.8 Å². The lowest BCUT2D eigenvalue weighted by molar-refractivity contribution is 0.0604. The van der Waals surface area contributed by atoms with Gasteiger partial charge in [-0.05, 0) is 25.0 Å². The molecule has 1 aromatic carbocycles. The Morgan fingerprint density at radius 3 is 2.16 bits per heavy atom. The summed E-state index contributed by atoms with van der Waals surface area (Å²) >= 11 is 0. The molecular formula is C12H15F2NO3S. The van der Waals surface area contributed by atoms with Crippen LogP contribution in [0.1, 0.15) is 12.8 Å². The first-order chi connectivity index (χ1) is 8.93. The number of sulfonamides is 1. The monoisotopic (exact) mass is 291 g/mol. The van der Waals surface area contributed by atoms with Gasteiger partial charge in [0.25, 0.3) is 0 Å². The van der Waals surface area contributed by atoms with Crippen molar-refractivity contribution in [1.29, 1.82) is 0 Å². The van der Waals surface area contributed by atoms with Crippen LogP contribution in [-0.2, 0) is 14.8 Å². The summed E-state index contributed by atoms with van der Waals surface area (Å²) in [4.78, 5) is -0.346. The molecular weight excluding hydrogens is 276 g/mol. The van der Waals surface area contributed by atoms with Gasteiger partial charge in [-0.1, -0.05) is 0 Å². The maximum Gasteiger partial charge on any atom is 0.243 e. The van der Waals surface area contributed by atoms with Crippen molar-refractivity contribution in [2.75, 3.05) is 20.2 Å². The van der Waals surface area contributed by atoms with E-state index in [9.17, 15) is 17.2 Å². The molecule has 0 N–H and O–H groups in total. The number of nitrogens with zero attached hydrogens (tertiary/aromatic N) is 1. The standard InChI is InChI=1S/C12H15F2NO3S/c1-18-11-2-4-15(5-3-11)19(16,17)12-7-9(13)6-10(14)8-12/h6-8,11H,2-5H2,1H3. The zero-order chi connectivity index (χ0) is 14.0. The normalized spacial score (nSPS) is 18.7. The summed E-state index contributed by atoms with van der Waals surface area (Å²) in [5, 5.41) is 0. The van der Waals surface area contributed by atoms with Crippen molar-refractivity contribution in [2.24, 2.45) is 0 Å². The molecule has 0 unspecified atom stereocenters. The Morgan fingerprint density at radius 2 is 1.68 bits per heavy atom. The number of ether oxygens (including phenoxy) is 1. The molecule has 1 fully saturated rings. The molecule has 0 atom stereocenters. The maximum atomic E-state index is 13.1. The maximum absolute atomic E-state index is 13.1. The van der Waals surface area contributed by atoms with Crippen LogP contribution in [0.4, 0.5) is 8.78 Å². The molecule has 0 bridgehead atoms. The fraction of sp³-hybridized carbons (Fsp3) is 0.500. The number of rotatable bonds is 3. The number of hydrogen-bond donors (Lipinski definition) is 0. The van der Waals surface area contributed by atoms with Crippen LogP contribution in [0, 0.1) is 11.6 Å². The van der Waals surface area contributed by atoms with Crippen LogP contribution in [0.25, 0.3) is 0 Å². The highest BCUT2D eigenvalue weighted by Crippen LogP contribution is 2.23. The molecule has 0 aliphatic carbocycles. The summed E-state index contributed by atoms with van der Waals surface area (Å²) in [7, 11) is -2.26. The molecule has 0 radical (unpaired) electrons. The molecule has 7 heteroatoms. The molecule has 4 nitrogen and oxygen atoms in total. The predicted molar refractivity (Wildman–Crippen MR) is 65.1 cm³/mol. The van der Waals surface area contributed by atoms with Crippen LogP contribution in [-0.4, -0.2) is 39.0 Å². The number of benzene rings is 1. The summed E-state index contributed by atoms with van der Waals surface area (Å²) in [6.45, 7) is 0.581. The van der Waals surface area contributed by atoms with Crippen molar-refractivity contribution in [3.63, 3.8) is 0 Å². The fourth-order valence-corrected chi connectivity index (χ4v) is 3.65. The van der Waals surface area contributed by atoms with Gasteiger partial charge in [0, 0.05) is 26.3 Å². The summed E-state index contributed by atoms with van der Waals surface area (Å²) in [5.74, 6) is -1.80. The third-order valence-electron chi connectivity index (χ3n) is 3.21. The third kappa shape index (κ3) is 3.10. The second-order valence-corrected chi connectivity index (χ2v) is 6.38. The Balaban J connectivity index is 2.23. The second-order valence-electron chi connectivity index (χ2n) is 4.44. The Kier molecular flexibility index (Phi) is 4.17. The van der Waals surface area contributed by atoms with Gasteiger partial charge in [0.1, 0.15) is 11.6 Å². The number of halogens is 2. The SMILES string of the molecule is COC1CCN(S(=O)(=O)c2cc(F)cc(F)c2)CC1. The molecule has 2 rings (SSSR count). The first kappa shape index (κ1) is 14.4. The number of hydrogen-bond acceptors (Lipinski definition) is 3. The van der Waals surface area contributed by atoms with E-state index >= 15 is 0 Å². The Morgan fingerprint density at radius 1 is 1.16 bits per heavy atom. The molecule has 1 aliphatic rings. The van der Waals surface area contributed by atoms with Gasteiger partial charge in [-0.25, -0.2) is 17.2 Å². The van der Waals surface area contributed by atoms with Gasteiger partial charge in [-0.2, -0.15) is 4.31 Å². The minimum absolute atomic E-state index is 0.0377. The molecule has 1 aromatic rings. The topological polar surface area (TPSA) is 46.6 Å². The van der Waals surface area contributed by atoms with Gasteiger partial charge in [-0.3, -0.25) is 0 Å². The predicted octanol–water partition coefficient (Wildman–Crippen LogP) is 1.76. The van der Waals surface area contributed by atoms with Gasteiger partial charge in [0.15, 0.2) is 0 Å². The highest BCUT2D eigenvalue weighted by molar-refractivity contribution is 7.89. The molecule has 0 spiro atoms. The molecule has 0 saturated carbocycles. The second kappa shape index (κ2) is 5.52. The zero-order valence-corrected chi connectivity index (χ0v) is 11.3. The lowest BCUT2D eigenvalue weighted by Gasteiger charge is -2.30. The first-order valence-corrected chi connectivity index (χ1v) is 7.36. The quantitative estimate of drug-likeness (QED) is 0.852. The number of methoxy groups -OCH3 is 1. The lowest BCUT2D eigenvalue weighted by atomic mass is 10.1. The van der Waals surface area contributed by atoms with E-state index in [1.807, 2.05) is 0 Å². The Bertz CT molecular complexity index is 534. The highest BCUT2D eigenvalue weighted by atomic mass is 32.2. The van der Waals surface area contributed by atoms with Gasteiger partial charge < -0.3 is 4.74 Å². The first-order valence-electron chi connectivity index (χ1n) is 5.92. The van der Waals surface area contributed by atoms with E-state index in [-0.39, 0.29) is 11.0 Å². The van der Waals surface area contributed by atoms with Crippen LogP contribution in [0.15, 0.2) is 23.1 Å². The van der Waals surface area contributed by atoms with E-state index in [0.29, 0.717) is 32.0 Å². The Hall–Kier alpha value is -1.05. The van der Waals surface area contributed by atoms with E-state index in [4.69, 9.17) is 4.74 Å². The van der Waals surface area contributed by atoms with Gasteiger partial charge in [0.05, 0.1) is 11.0 Å². The van der Waals surface area contributed by atoms with Crippen molar-refractivity contribution in [2.45, 2.75) is 23.8 Å². The Labute approximate surface area is 111 Å². The van der Waals surface area contributed by atoms with Crippen LogP contribution >= 0.6 is 0 Å². The molecule has 0 aromatic heterocycles. The molecule has 1 aliphatic heterocycles. The summed E-state index contributed by atoms with van der Waals surface area (Å²) in [6.07, 6.45) is 1.19. The van der Waals surface area contributed by atoms with Crippen LogP contribution in [0.2, 0.25) is 0 Å². The fourth-order valence-electron chi connectivity index (χ4n) is 2.13. The average Bonchev–Trinajstić information content (AvgIpc) is 2.37. The minimum Gasteiger partial charge on any atom is -0.381 e. The van der Waals surface area contributed by atoms with Gasteiger partial charge >= 0.3 is 0 Å². The van der Waals surface area contributed by atoms with E-state index < -0.39 is 21.7 Å². The van der Waals surface area contributed by atoms with Crippen molar-refractivity contribution < 1.29 is 21.9 Å². The van der Waals surface area contributed by atoms with E-state index in [0.717, 1.165) is 12.1 Å². The summed E-state index contributed by atoms with van der Waals surface area (Å²) in [5.41, 5.74) is 0. The summed E-state index contributed by atoms with van der Waals surface area (Å²) < 4.78 is 57.1. The summed E-state index contributed by atoms with van der Waals surface area (Å²) in [6, 6.07) is 2.32. The molecule has 1 heterocycles. The van der Waals surface area contributed by atoms with Gasteiger partial charge in [-0.15, -0.1) is 0 Å². The lowest BCUT2D eigenvalue weighted by Crippen LogP contribution is -2.40. The van der Waals surface area contributed by atoms with E-state index in [1.54, 1.807) is 7.11 Å². The van der Waals surface area contributed by atoms with E-state index in [1.165, 1.54) is 4.31 Å². The zero-order valence-electron chi connectivity index (χ0n) is 10.5. The molecule has 19 heavy (non-hydrogen) atoms. The smallest absolute Gasteiger partial charge is 0.243 e. The van der Waals surface area contributed by atoms with E-state index in [2.05, 4.69) is 0 Å². The van der Waals surface area contributed by atoms with Crippen LogP contribution in [0.5, 0.6) is 0 Å². The largest absolute Gasteiger partial charge is 0.381 e. The van der Waals surface area contributed by atoms with Crippen LogP contribution < -0.4 is 0 Å². The van der Waals surface area contributed by atoms with Crippen molar-refractivity contribution in [3.8, 4) is 0 Å². The third-order valence-corrected chi connectivity index (χ3v) is 5.08. The van der Waals surface area contributed by atoms with Gasteiger partial charge in [0.2, 0.25) is 10.0 Å². The molecule has 1 saturated heterocycles. The minimum atomic E-state index is -3.84. The van der Waals surface area contributed by atoms with Crippen LogP contribution in [0.3, 0.4) is 0 Å². The number of piperidine rings is 1. The molecule has 0 amide bonds. The molecule has 106 valence electrons. The average molecular weight is 291 g/mol. The highest BCUT2D eigenvalue weighted by Gasteiger charge is 2.29.